The Labute approximate surface area is 242 Å². The molecule has 1 aliphatic rings. The van der Waals surface area contributed by atoms with Crippen LogP contribution in [0.2, 0.25) is 0 Å². The fourth-order valence-corrected chi connectivity index (χ4v) is 6.40. The van der Waals surface area contributed by atoms with Crippen molar-refractivity contribution in [1.29, 1.82) is 0 Å². The zero-order chi connectivity index (χ0) is 28.8. The average Bonchev–Trinajstić information content (AvgIpc) is 3.23. The van der Waals surface area contributed by atoms with Crippen molar-refractivity contribution in [3.63, 3.8) is 0 Å². The minimum atomic E-state index is -3.99. The molecule has 1 amide bonds. The summed E-state index contributed by atoms with van der Waals surface area (Å²) in [4.78, 5) is 15.2. The monoisotopic (exact) mass is 588 g/mol. The molecule has 0 N–H and O–H groups in total. The zero-order valence-corrected chi connectivity index (χ0v) is 25.3. The molecule has 0 aromatic heterocycles. The van der Waals surface area contributed by atoms with Gasteiger partial charge >= 0.3 is 0 Å². The highest BCUT2D eigenvalue weighted by Crippen LogP contribution is 2.36. The maximum absolute atomic E-state index is 13.3. The first-order valence-corrected chi connectivity index (χ1v) is 16.1. The Kier molecular flexibility index (Phi) is 13.0. The van der Waals surface area contributed by atoms with Gasteiger partial charge in [-0.3, -0.25) is 9.69 Å². The van der Waals surface area contributed by atoms with Crippen molar-refractivity contribution in [3.05, 3.63) is 59.0 Å². The number of hydrogen-bond acceptors (Lipinski definition) is 7. The predicted octanol–water partition coefficient (Wildman–Crippen LogP) is 6.52. The second-order valence-electron chi connectivity index (χ2n) is 9.46. The van der Waals surface area contributed by atoms with Crippen LogP contribution in [0.4, 0.5) is 0 Å². The van der Waals surface area contributed by atoms with E-state index in [-0.39, 0.29) is 22.5 Å². The first-order valence-electron chi connectivity index (χ1n) is 13.8. The van der Waals surface area contributed by atoms with Gasteiger partial charge in [0.2, 0.25) is 0 Å². The minimum Gasteiger partial charge on any atom is -0.493 e. The van der Waals surface area contributed by atoms with Crippen LogP contribution in [0.15, 0.2) is 62.7 Å². The normalized spacial score (nSPS) is 15.8. The van der Waals surface area contributed by atoms with Crippen molar-refractivity contribution in [2.24, 2.45) is 4.40 Å². The summed E-state index contributed by atoms with van der Waals surface area (Å²) in [7, 11) is -0.810. The molecule has 0 atom stereocenters. The Balaban J connectivity index is 1.77. The van der Waals surface area contributed by atoms with Crippen molar-refractivity contribution >= 4 is 38.9 Å². The van der Waals surface area contributed by atoms with E-state index in [0.29, 0.717) is 36.0 Å². The number of ether oxygens (including phenoxy) is 3. The van der Waals surface area contributed by atoms with Gasteiger partial charge in [0.05, 0.1) is 23.5 Å². The van der Waals surface area contributed by atoms with E-state index >= 15 is 0 Å². The van der Waals surface area contributed by atoms with Gasteiger partial charge < -0.3 is 14.2 Å². The highest BCUT2D eigenvalue weighted by atomic mass is 32.2. The topological polar surface area (TPSA) is 94.5 Å². The number of amides is 1. The van der Waals surface area contributed by atoms with Crippen molar-refractivity contribution in [1.82, 2.24) is 4.90 Å². The van der Waals surface area contributed by atoms with Gasteiger partial charge in [-0.1, -0.05) is 69.7 Å². The standard InChI is InChI=1S/C30H40N2O6S2/c1-4-5-6-7-8-9-13-21-38-27-22-24(17-18-26(27)37-3)23-28-29(33)32(19-14-20-36-2)30(39-28)31-40(34,35)25-15-11-10-12-16-25/h10-12,15-18,22-23H,4-9,13-14,19-21H2,1-3H3. The SMILES string of the molecule is CCCCCCCCCOc1cc(C=C2SC(=NS(=O)(=O)c3ccccc3)N(CCCOC)C2=O)ccc1OC. The molecular formula is C30H40N2O6S2. The number of nitrogens with zero attached hydrogens (tertiary/aromatic N) is 2. The maximum atomic E-state index is 13.3. The van der Waals surface area contributed by atoms with Crippen LogP contribution in [0, 0.1) is 0 Å². The number of carbonyl (C=O) groups excluding carboxylic acids is 1. The third kappa shape index (κ3) is 9.38. The molecule has 0 radical (unpaired) electrons. The molecule has 0 saturated carbocycles. The predicted molar refractivity (Wildman–Crippen MR) is 161 cm³/mol. The lowest BCUT2D eigenvalue weighted by Crippen LogP contribution is -2.31. The Morgan fingerprint density at radius 2 is 1.62 bits per heavy atom. The summed E-state index contributed by atoms with van der Waals surface area (Å²) in [5.74, 6) is 0.924. The van der Waals surface area contributed by atoms with Crippen molar-refractivity contribution in [3.8, 4) is 11.5 Å². The number of methoxy groups -OCH3 is 2. The summed E-state index contributed by atoms with van der Waals surface area (Å²) in [5, 5.41) is 0.125. The molecular weight excluding hydrogens is 548 g/mol. The summed E-state index contributed by atoms with van der Waals surface area (Å²) < 4.78 is 46.6. The molecule has 8 nitrogen and oxygen atoms in total. The van der Waals surface area contributed by atoms with Crippen LogP contribution in [-0.4, -0.2) is 58.4 Å². The number of thioether (sulfide) groups is 1. The first kappa shape index (κ1) is 31.7. The number of benzene rings is 2. The molecule has 1 aliphatic heterocycles. The van der Waals surface area contributed by atoms with Crippen molar-refractivity contribution < 1.29 is 27.4 Å². The van der Waals surface area contributed by atoms with Crippen LogP contribution in [0.5, 0.6) is 11.5 Å². The molecule has 0 bridgehead atoms. The van der Waals surface area contributed by atoms with Gasteiger partial charge in [-0.05, 0) is 60.5 Å². The van der Waals surface area contributed by atoms with E-state index in [1.54, 1.807) is 38.5 Å². The molecule has 1 fully saturated rings. The smallest absolute Gasteiger partial charge is 0.284 e. The number of amidine groups is 1. The molecule has 2 aromatic rings. The number of unbranched alkanes of at least 4 members (excludes halogenated alkanes) is 6. The fraction of sp³-hybridized carbons (Fsp3) is 0.467. The molecule has 2 aromatic carbocycles. The van der Waals surface area contributed by atoms with Crippen LogP contribution < -0.4 is 9.47 Å². The summed E-state index contributed by atoms with van der Waals surface area (Å²) in [6.07, 6.45) is 10.6. The van der Waals surface area contributed by atoms with Gasteiger partial charge in [-0.2, -0.15) is 8.42 Å². The molecule has 10 heteroatoms. The van der Waals surface area contributed by atoms with Crippen molar-refractivity contribution in [2.45, 2.75) is 63.2 Å². The fourth-order valence-electron chi connectivity index (χ4n) is 4.18. The third-order valence-electron chi connectivity index (χ3n) is 6.35. The summed E-state index contributed by atoms with van der Waals surface area (Å²) in [6.45, 7) is 3.52. The summed E-state index contributed by atoms with van der Waals surface area (Å²) in [6, 6.07) is 13.5. The van der Waals surface area contributed by atoms with Crippen LogP contribution in [0.3, 0.4) is 0 Å². The van der Waals surface area contributed by atoms with Gasteiger partial charge in [0.1, 0.15) is 0 Å². The van der Waals surface area contributed by atoms with Gasteiger partial charge in [-0.25, -0.2) is 0 Å². The third-order valence-corrected chi connectivity index (χ3v) is 8.75. The molecule has 3 rings (SSSR count). The van der Waals surface area contributed by atoms with Gasteiger partial charge in [-0.15, -0.1) is 4.40 Å². The minimum absolute atomic E-state index is 0.0720. The second kappa shape index (κ2) is 16.4. The van der Waals surface area contributed by atoms with Crippen LogP contribution in [-0.2, 0) is 19.6 Å². The van der Waals surface area contributed by atoms with E-state index in [1.807, 2.05) is 18.2 Å². The zero-order valence-electron chi connectivity index (χ0n) is 23.6. The van der Waals surface area contributed by atoms with Crippen LogP contribution in [0.1, 0.15) is 63.9 Å². The lowest BCUT2D eigenvalue weighted by molar-refractivity contribution is -0.122. The molecule has 0 spiro atoms. The highest BCUT2D eigenvalue weighted by Gasteiger charge is 2.34. The van der Waals surface area contributed by atoms with E-state index in [0.717, 1.165) is 30.2 Å². The molecule has 218 valence electrons. The summed E-state index contributed by atoms with van der Waals surface area (Å²) in [5.41, 5.74) is 0.746. The maximum Gasteiger partial charge on any atom is 0.284 e. The number of sulfonamides is 1. The molecule has 0 unspecified atom stereocenters. The van der Waals surface area contributed by atoms with Gasteiger partial charge in [0.25, 0.3) is 15.9 Å². The Morgan fingerprint density at radius 1 is 0.900 bits per heavy atom. The van der Waals surface area contributed by atoms with Gasteiger partial charge in [0.15, 0.2) is 16.7 Å². The molecule has 1 heterocycles. The number of rotatable bonds is 17. The Bertz CT molecular complexity index is 1260. The number of carbonyl (C=O) groups is 1. The van der Waals surface area contributed by atoms with Crippen LogP contribution >= 0.6 is 11.8 Å². The van der Waals surface area contributed by atoms with Crippen LogP contribution in [0.25, 0.3) is 6.08 Å². The van der Waals surface area contributed by atoms with E-state index in [4.69, 9.17) is 14.2 Å². The number of hydrogen-bond donors (Lipinski definition) is 0. The van der Waals surface area contributed by atoms with Crippen molar-refractivity contribution in [2.75, 3.05) is 34.0 Å². The quantitative estimate of drug-likeness (QED) is 0.153. The lowest BCUT2D eigenvalue weighted by atomic mass is 10.1. The highest BCUT2D eigenvalue weighted by molar-refractivity contribution is 8.19. The van der Waals surface area contributed by atoms with E-state index in [2.05, 4.69) is 11.3 Å². The molecule has 40 heavy (non-hydrogen) atoms. The summed E-state index contributed by atoms with van der Waals surface area (Å²) >= 11 is 1.04. The van der Waals surface area contributed by atoms with E-state index < -0.39 is 10.0 Å². The largest absolute Gasteiger partial charge is 0.493 e. The van der Waals surface area contributed by atoms with Gasteiger partial charge in [0, 0.05) is 20.3 Å². The Hall–Kier alpha value is -2.82. The second-order valence-corrected chi connectivity index (χ2v) is 12.1. The van der Waals surface area contributed by atoms with E-state index in [9.17, 15) is 13.2 Å². The average molecular weight is 589 g/mol. The molecule has 1 saturated heterocycles. The lowest BCUT2D eigenvalue weighted by Gasteiger charge is -2.15. The molecule has 0 aliphatic carbocycles. The van der Waals surface area contributed by atoms with E-state index in [1.165, 1.54) is 49.1 Å². The Morgan fingerprint density at radius 3 is 2.33 bits per heavy atom. The first-order chi connectivity index (χ1) is 19.4.